The van der Waals surface area contributed by atoms with E-state index in [4.69, 9.17) is 19.1 Å². The van der Waals surface area contributed by atoms with Crippen LogP contribution in [0.25, 0.3) is 21.3 Å². The zero-order valence-electron chi connectivity index (χ0n) is 17.7. The van der Waals surface area contributed by atoms with Gasteiger partial charge in [-0.1, -0.05) is 11.3 Å². The number of likely N-dealkylation sites (tertiary alicyclic amines) is 1. The number of benzene rings is 1. The third kappa shape index (κ3) is 6.05. The molecular formula is C21H22N4O6S2. The van der Waals surface area contributed by atoms with E-state index in [1.807, 2.05) is 36.4 Å². The molecule has 1 saturated heterocycles. The molecule has 33 heavy (non-hydrogen) atoms. The fourth-order valence-electron chi connectivity index (χ4n) is 3.70. The van der Waals surface area contributed by atoms with Crippen LogP contribution in [0.15, 0.2) is 47.0 Å². The van der Waals surface area contributed by atoms with Gasteiger partial charge >= 0.3 is 0 Å². The van der Waals surface area contributed by atoms with Crippen LogP contribution in [0.4, 0.5) is 0 Å². The molecule has 0 radical (unpaired) electrons. The highest BCUT2D eigenvalue weighted by Gasteiger charge is 2.25. The molecule has 3 aromatic heterocycles. The number of aromatic nitrogens is 2. The number of thiazole rings is 1. The summed E-state index contributed by atoms with van der Waals surface area (Å²) in [6.07, 6.45) is 3.70. The predicted octanol–water partition coefficient (Wildman–Crippen LogP) is 3.05. The van der Waals surface area contributed by atoms with Crippen molar-refractivity contribution in [3.8, 4) is 10.9 Å². The number of rotatable bonds is 6. The molecule has 1 aliphatic heterocycles. The molecule has 174 valence electrons. The van der Waals surface area contributed by atoms with Crippen molar-refractivity contribution in [2.45, 2.75) is 19.0 Å². The molecule has 1 atom stereocenters. The van der Waals surface area contributed by atoms with Crippen LogP contribution in [0.5, 0.6) is 10.9 Å². The zero-order chi connectivity index (χ0) is 23.4. The Balaban J connectivity index is 0.000000821. The van der Waals surface area contributed by atoms with Crippen LogP contribution in [0.1, 0.15) is 12.2 Å². The Labute approximate surface area is 193 Å². The maximum absolute atomic E-state index is 11.4. The summed E-state index contributed by atoms with van der Waals surface area (Å²) in [5.74, 6) is 1.49. The minimum atomic E-state index is -3.19. The average Bonchev–Trinajstić information content (AvgIpc) is 3.45. The van der Waals surface area contributed by atoms with E-state index >= 15 is 0 Å². The van der Waals surface area contributed by atoms with Gasteiger partial charge in [-0.05, 0) is 36.8 Å². The van der Waals surface area contributed by atoms with Gasteiger partial charge in [-0.2, -0.15) is 4.98 Å². The number of fused-ring (bicyclic) bond motifs is 2. The molecule has 12 heteroatoms. The van der Waals surface area contributed by atoms with Gasteiger partial charge in [0.1, 0.15) is 17.1 Å². The second kappa shape index (κ2) is 9.83. The highest BCUT2D eigenvalue weighted by atomic mass is 32.2. The lowest BCUT2D eigenvalue weighted by atomic mass is 10.2. The zero-order valence-corrected chi connectivity index (χ0v) is 19.3. The van der Waals surface area contributed by atoms with Gasteiger partial charge in [0.15, 0.2) is 5.65 Å². The minimum absolute atomic E-state index is 0.0484. The van der Waals surface area contributed by atoms with Crippen molar-refractivity contribution in [1.82, 2.24) is 19.6 Å². The number of pyridine rings is 1. The van der Waals surface area contributed by atoms with Crippen LogP contribution >= 0.6 is 11.3 Å². The first-order valence-electron chi connectivity index (χ1n) is 10.0. The highest BCUT2D eigenvalue weighted by Crippen LogP contribution is 2.32. The van der Waals surface area contributed by atoms with Gasteiger partial charge in [0, 0.05) is 36.8 Å². The first kappa shape index (κ1) is 23.1. The Kier molecular flexibility index (Phi) is 6.88. The molecule has 1 fully saturated rings. The van der Waals surface area contributed by atoms with Crippen LogP contribution in [0.2, 0.25) is 0 Å². The van der Waals surface area contributed by atoms with Gasteiger partial charge in [-0.25, -0.2) is 18.1 Å². The number of nitrogens with one attached hydrogen (secondary N) is 1. The fourth-order valence-corrected chi connectivity index (χ4v) is 5.29. The van der Waals surface area contributed by atoms with Gasteiger partial charge < -0.3 is 14.3 Å². The summed E-state index contributed by atoms with van der Waals surface area (Å²) < 4.78 is 38.4. The monoisotopic (exact) mass is 490 g/mol. The van der Waals surface area contributed by atoms with Crippen molar-refractivity contribution in [1.29, 1.82) is 0 Å². The molecule has 0 aliphatic carbocycles. The molecule has 0 amide bonds. The number of carbonyl (C=O) groups is 1. The summed E-state index contributed by atoms with van der Waals surface area (Å²) in [7, 11) is -3.19. The average molecular weight is 491 g/mol. The Hall–Kier alpha value is -3.06. The largest absolute Gasteiger partial charge is 0.483 e. The van der Waals surface area contributed by atoms with Crippen LogP contribution in [0, 0.1) is 0 Å². The topological polar surface area (TPSA) is 135 Å². The number of sulfonamides is 1. The summed E-state index contributed by atoms with van der Waals surface area (Å²) in [5, 5.41) is 8.42. The summed E-state index contributed by atoms with van der Waals surface area (Å²) >= 11 is 1.45. The molecule has 0 bridgehead atoms. The van der Waals surface area contributed by atoms with E-state index in [0.717, 1.165) is 34.4 Å². The molecule has 5 rings (SSSR count). The predicted molar refractivity (Wildman–Crippen MR) is 124 cm³/mol. The smallest absolute Gasteiger partial charge is 0.290 e. The lowest BCUT2D eigenvalue weighted by molar-refractivity contribution is -0.122. The second-order valence-electron chi connectivity index (χ2n) is 7.54. The maximum atomic E-state index is 11.4. The number of ether oxygens (including phenoxy) is 1. The maximum Gasteiger partial charge on any atom is 0.290 e. The first-order chi connectivity index (χ1) is 15.8. The lowest BCUT2D eigenvalue weighted by Crippen LogP contribution is -2.36. The Morgan fingerprint density at radius 1 is 1.36 bits per heavy atom. The van der Waals surface area contributed by atoms with Crippen molar-refractivity contribution < 1.29 is 27.5 Å². The number of hydrogen-bond acceptors (Lipinski definition) is 9. The number of nitrogens with zero attached hydrogens (tertiary/aromatic N) is 3. The van der Waals surface area contributed by atoms with Crippen molar-refractivity contribution in [3.05, 3.63) is 48.4 Å². The second-order valence-corrected chi connectivity index (χ2v) is 10.3. The third-order valence-electron chi connectivity index (χ3n) is 4.93. The normalized spacial score (nSPS) is 16.6. The van der Waals surface area contributed by atoms with Crippen molar-refractivity contribution in [3.63, 3.8) is 0 Å². The molecule has 0 spiro atoms. The molecule has 4 heterocycles. The van der Waals surface area contributed by atoms with Crippen molar-refractivity contribution in [2.24, 2.45) is 0 Å². The van der Waals surface area contributed by atoms with E-state index in [1.165, 1.54) is 17.6 Å². The van der Waals surface area contributed by atoms with Gasteiger partial charge in [0.05, 0.1) is 17.5 Å². The number of hydrogen-bond donors (Lipinski definition) is 2. The van der Waals surface area contributed by atoms with Crippen LogP contribution < -0.4 is 9.46 Å². The van der Waals surface area contributed by atoms with E-state index in [9.17, 15) is 8.42 Å². The Bertz CT molecular complexity index is 1330. The molecule has 1 unspecified atom stereocenters. The molecule has 0 saturated carbocycles. The standard InChI is InChI=1S/C20H20N4O4S2.CH2O2/c1-30(25,26)23-14-6-8-24(11-14)12-16-9-13-4-5-15(10-17(13)27-16)28-20-22-19-18(29-20)3-2-7-21-19;2-1-3/h2-5,7,9-10,14,23H,6,8,11-12H2,1H3;1H,(H,2,3). The lowest BCUT2D eigenvalue weighted by Gasteiger charge is -2.14. The molecule has 1 aliphatic rings. The molecule has 2 N–H and O–H groups in total. The van der Waals surface area contributed by atoms with E-state index in [2.05, 4.69) is 19.6 Å². The van der Waals surface area contributed by atoms with Crippen LogP contribution in [0.3, 0.4) is 0 Å². The molecular weight excluding hydrogens is 468 g/mol. The van der Waals surface area contributed by atoms with Gasteiger partial charge in [-0.15, -0.1) is 0 Å². The Morgan fingerprint density at radius 2 is 2.18 bits per heavy atom. The summed E-state index contributed by atoms with van der Waals surface area (Å²) in [4.78, 5) is 19.2. The summed E-state index contributed by atoms with van der Waals surface area (Å²) in [6.45, 7) is 1.88. The fraction of sp³-hybridized carbons (Fsp3) is 0.286. The third-order valence-corrected chi connectivity index (χ3v) is 6.57. The van der Waals surface area contributed by atoms with Crippen LogP contribution in [-0.2, 0) is 21.4 Å². The van der Waals surface area contributed by atoms with Gasteiger partial charge in [-0.3, -0.25) is 9.69 Å². The summed E-state index contributed by atoms with van der Waals surface area (Å²) in [5.41, 5.74) is 1.42. The minimum Gasteiger partial charge on any atom is -0.483 e. The number of carboxylic acid groups (broad SMARTS) is 1. The van der Waals surface area contributed by atoms with E-state index in [-0.39, 0.29) is 12.5 Å². The van der Waals surface area contributed by atoms with Crippen molar-refractivity contribution in [2.75, 3.05) is 19.3 Å². The molecule has 1 aromatic carbocycles. The van der Waals surface area contributed by atoms with E-state index < -0.39 is 10.0 Å². The highest BCUT2D eigenvalue weighted by molar-refractivity contribution is 7.88. The Morgan fingerprint density at radius 3 is 2.94 bits per heavy atom. The summed E-state index contributed by atoms with van der Waals surface area (Å²) in [6, 6.07) is 11.5. The quantitative estimate of drug-likeness (QED) is 0.391. The SMILES string of the molecule is CS(=O)(=O)NC1CCN(Cc2cc3ccc(Oc4nc5ncccc5s4)cc3o2)C1.O=CO. The molecule has 10 nitrogen and oxygen atoms in total. The first-order valence-corrected chi connectivity index (χ1v) is 12.7. The van der Waals surface area contributed by atoms with Crippen molar-refractivity contribution >= 4 is 49.1 Å². The van der Waals surface area contributed by atoms with Gasteiger partial charge in [0.2, 0.25) is 10.0 Å². The van der Waals surface area contributed by atoms with E-state index in [0.29, 0.717) is 29.7 Å². The van der Waals surface area contributed by atoms with Gasteiger partial charge in [0.25, 0.3) is 11.7 Å². The molecule has 4 aromatic rings. The van der Waals surface area contributed by atoms with E-state index in [1.54, 1.807) is 6.20 Å². The number of furan rings is 1. The van der Waals surface area contributed by atoms with Crippen LogP contribution in [-0.4, -0.2) is 60.3 Å².